The predicted molar refractivity (Wildman–Crippen MR) is 112 cm³/mol. The molecule has 9 nitrogen and oxygen atoms in total. The summed E-state index contributed by atoms with van der Waals surface area (Å²) in [5.41, 5.74) is 0.546. The van der Waals surface area contributed by atoms with E-state index in [1.54, 1.807) is 47.9 Å². The maximum atomic E-state index is 12.9. The van der Waals surface area contributed by atoms with E-state index >= 15 is 0 Å². The Balaban J connectivity index is 2.07. The van der Waals surface area contributed by atoms with Crippen LogP contribution in [-0.2, 0) is 9.47 Å². The normalized spacial score (nSPS) is 17.0. The Morgan fingerprint density at radius 1 is 1.03 bits per heavy atom. The standard InChI is InChI=1S/C21H29N5O4/c1-13-8-9-14(10-13)25-12-24-15-16(25)22-11-23-17(15)26(18(27)29-20(2,3)4)19(28)30-21(5,6)7/h10-12,14H,8-9H2,1-7H3. The number of amides is 2. The highest BCUT2D eigenvalue weighted by Gasteiger charge is 2.35. The Hall–Kier alpha value is -2.97. The summed E-state index contributed by atoms with van der Waals surface area (Å²) < 4.78 is 12.8. The zero-order valence-electron chi connectivity index (χ0n) is 18.6. The van der Waals surface area contributed by atoms with E-state index in [9.17, 15) is 9.59 Å². The second-order valence-electron chi connectivity index (χ2n) is 9.44. The molecule has 0 spiro atoms. The van der Waals surface area contributed by atoms with Gasteiger partial charge in [-0.05, 0) is 61.3 Å². The van der Waals surface area contributed by atoms with Crippen LogP contribution in [0.25, 0.3) is 11.2 Å². The van der Waals surface area contributed by atoms with Crippen LogP contribution in [0.1, 0.15) is 67.3 Å². The van der Waals surface area contributed by atoms with Crippen molar-refractivity contribution in [2.45, 2.75) is 78.6 Å². The van der Waals surface area contributed by atoms with Crippen LogP contribution >= 0.6 is 0 Å². The summed E-state index contributed by atoms with van der Waals surface area (Å²) in [6.07, 6.45) is 5.31. The summed E-state index contributed by atoms with van der Waals surface area (Å²) in [4.78, 5) is 39.6. The Labute approximate surface area is 176 Å². The highest BCUT2D eigenvalue weighted by molar-refractivity contribution is 6.12. The first-order valence-corrected chi connectivity index (χ1v) is 9.96. The zero-order chi connectivity index (χ0) is 22.3. The molecule has 0 bridgehead atoms. The third-order valence-corrected chi connectivity index (χ3v) is 4.37. The lowest BCUT2D eigenvalue weighted by atomic mass is 10.2. The van der Waals surface area contributed by atoms with Crippen LogP contribution in [0.4, 0.5) is 15.4 Å². The summed E-state index contributed by atoms with van der Waals surface area (Å²) in [5, 5.41) is 0. The molecule has 0 N–H and O–H groups in total. The van der Waals surface area contributed by atoms with Crippen LogP contribution < -0.4 is 4.90 Å². The topological polar surface area (TPSA) is 99.4 Å². The Bertz CT molecular complexity index is 969. The molecule has 2 amide bonds. The van der Waals surface area contributed by atoms with E-state index in [1.807, 2.05) is 4.57 Å². The molecule has 9 heteroatoms. The molecule has 0 fully saturated rings. The number of carbonyl (C=O) groups is 2. The number of imide groups is 1. The van der Waals surface area contributed by atoms with Crippen LogP contribution in [-0.4, -0.2) is 42.9 Å². The largest absolute Gasteiger partial charge is 0.443 e. The van der Waals surface area contributed by atoms with E-state index < -0.39 is 23.4 Å². The smallest absolute Gasteiger partial charge is 0.425 e. The van der Waals surface area contributed by atoms with Gasteiger partial charge in [-0.3, -0.25) is 0 Å². The van der Waals surface area contributed by atoms with Crippen LogP contribution in [0.5, 0.6) is 0 Å². The fourth-order valence-electron chi connectivity index (χ4n) is 3.20. The molecule has 0 aliphatic heterocycles. The lowest BCUT2D eigenvalue weighted by Crippen LogP contribution is -2.44. The van der Waals surface area contributed by atoms with E-state index in [0.29, 0.717) is 11.2 Å². The van der Waals surface area contributed by atoms with Crippen LogP contribution in [0.3, 0.4) is 0 Å². The highest BCUT2D eigenvalue weighted by atomic mass is 16.6. The minimum absolute atomic E-state index is 0.0287. The average Bonchev–Trinajstić information content (AvgIpc) is 3.18. The Morgan fingerprint density at radius 3 is 2.13 bits per heavy atom. The van der Waals surface area contributed by atoms with E-state index in [1.165, 1.54) is 11.9 Å². The maximum Gasteiger partial charge on any atom is 0.425 e. The third-order valence-electron chi connectivity index (χ3n) is 4.37. The number of nitrogens with zero attached hydrogens (tertiary/aromatic N) is 5. The van der Waals surface area contributed by atoms with E-state index in [4.69, 9.17) is 9.47 Å². The number of hydrogen-bond donors (Lipinski definition) is 0. The number of allylic oxidation sites excluding steroid dienone is 2. The molecule has 1 atom stereocenters. The van der Waals surface area contributed by atoms with Gasteiger partial charge in [0.1, 0.15) is 17.5 Å². The average molecular weight is 415 g/mol. The molecule has 162 valence electrons. The molecule has 3 rings (SSSR count). The van der Waals surface area contributed by atoms with Crippen molar-refractivity contribution >= 4 is 29.2 Å². The minimum atomic E-state index is -0.886. The van der Waals surface area contributed by atoms with Crippen molar-refractivity contribution in [2.24, 2.45) is 0 Å². The summed E-state index contributed by atoms with van der Waals surface area (Å²) in [6, 6.07) is 0.120. The van der Waals surface area contributed by atoms with Gasteiger partial charge in [0.15, 0.2) is 17.0 Å². The zero-order valence-corrected chi connectivity index (χ0v) is 18.6. The van der Waals surface area contributed by atoms with Crippen molar-refractivity contribution in [3.8, 4) is 0 Å². The van der Waals surface area contributed by atoms with Crippen molar-refractivity contribution in [3.63, 3.8) is 0 Å². The van der Waals surface area contributed by atoms with E-state index in [2.05, 4.69) is 28.0 Å². The SMILES string of the molecule is CC1=CC(n2cnc3c(N(C(=O)OC(C)(C)C)C(=O)OC(C)(C)C)ncnc32)CC1. The molecule has 0 aromatic carbocycles. The van der Waals surface area contributed by atoms with E-state index in [0.717, 1.165) is 17.7 Å². The number of hydrogen-bond acceptors (Lipinski definition) is 7. The molecule has 2 heterocycles. The molecular weight excluding hydrogens is 386 g/mol. The lowest BCUT2D eigenvalue weighted by molar-refractivity contribution is 0.0429. The van der Waals surface area contributed by atoms with Gasteiger partial charge in [-0.1, -0.05) is 11.6 Å². The quantitative estimate of drug-likeness (QED) is 0.651. The fourth-order valence-corrected chi connectivity index (χ4v) is 3.20. The molecule has 2 aromatic rings. The first kappa shape index (κ1) is 21.7. The van der Waals surface area contributed by atoms with Gasteiger partial charge >= 0.3 is 12.2 Å². The van der Waals surface area contributed by atoms with Crippen molar-refractivity contribution in [1.82, 2.24) is 19.5 Å². The van der Waals surface area contributed by atoms with Crippen molar-refractivity contribution in [3.05, 3.63) is 24.3 Å². The van der Waals surface area contributed by atoms with Crippen molar-refractivity contribution in [2.75, 3.05) is 4.90 Å². The molecule has 2 aromatic heterocycles. The van der Waals surface area contributed by atoms with Crippen LogP contribution in [0.2, 0.25) is 0 Å². The van der Waals surface area contributed by atoms with Crippen LogP contribution in [0.15, 0.2) is 24.3 Å². The van der Waals surface area contributed by atoms with Gasteiger partial charge < -0.3 is 14.0 Å². The van der Waals surface area contributed by atoms with Gasteiger partial charge in [0.05, 0.1) is 12.4 Å². The first-order valence-electron chi connectivity index (χ1n) is 9.96. The number of anilines is 1. The van der Waals surface area contributed by atoms with Crippen molar-refractivity contribution in [1.29, 1.82) is 0 Å². The highest BCUT2D eigenvalue weighted by Crippen LogP contribution is 2.32. The molecule has 30 heavy (non-hydrogen) atoms. The number of fused-ring (bicyclic) bond motifs is 1. The number of ether oxygens (including phenoxy) is 2. The molecule has 1 aliphatic rings. The summed E-state index contributed by atoms with van der Waals surface area (Å²) in [5.74, 6) is 0.0287. The lowest BCUT2D eigenvalue weighted by Gasteiger charge is -2.28. The third kappa shape index (κ3) is 4.77. The minimum Gasteiger partial charge on any atom is -0.443 e. The number of rotatable bonds is 2. The molecule has 0 saturated carbocycles. The predicted octanol–water partition coefficient (Wildman–Crippen LogP) is 4.78. The summed E-state index contributed by atoms with van der Waals surface area (Å²) in [7, 11) is 0. The van der Waals surface area contributed by atoms with Gasteiger partial charge in [0.2, 0.25) is 0 Å². The summed E-state index contributed by atoms with van der Waals surface area (Å²) >= 11 is 0. The van der Waals surface area contributed by atoms with Crippen LogP contribution in [0, 0.1) is 0 Å². The number of carbonyl (C=O) groups excluding carboxylic acids is 2. The Kier molecular flexibility index (Phi) is 5.58. The molecule has 0 radical (unpaired) electrons. The van der Waals surface area contributed by atoms with Gasteiger partial charge in [0.25, 0.3) is 0 Å². The van der Waals surface area contributed by atoms with Gasteiger partial charge in [0, 0.05) is 0 Å². The molecule has 1 aliphatic carbocycles. The van der Waals surface area contributed by atoms with Gasteiger partial charge in [-0.15, -0.1) is 0 Å². The number of imidazole rings is 1. The first-order chi connectivity index (χ1) is 13.9. The maximum absolute atomic E-state index is 12.9. The number of aromatic nitrogens is 4. The fraction of sp³-hybridized carbons (Fsp3) is 0.571. The molecule has 0 saturated heterocycles. The second-order valence-corrected chi connectivity index (χ2v) is 9.44. The monoisotopic (exact) mass is 415 g/mol. The second kappa shape index (κ2) is 7.70. The Morgan fingerprint density at radius 2 is 1.63 bits per heavy atom. The molecular formula is C21H29N5O4. The summed E-state index contributed by atoms with van der Waals surface area (Å²) in [6.45, 7) is 12.4. The van der Waals surface area contributed by atoms with Crippen molar-refractivity contribution < 1.29 is 19.1 Å². The molecule has 1 unspecified atom stereocenters. The van der Waals surface area contributed by atoms with Gasteiger partial charge in [-0.2, -0.15) is 4.90 Å². The van der Waals surface area contributed by atoms with Gasteiger partial charge in [-0.25, -0.2) is 24.5 Å². The van der Waals surface area contributed by atoms with E-state index in [-0.39, 0.29) is 11.9 Å².